The molecule has 110 valence electrons. The Labute approximate surface area is 116 Å². The predicted molar refractivity (Wildman–Crippen MR) is 75.9 cm³/mol. The molecule has 1 saturated heterocycles. The normalized spacial score (nSPS) is 32.9. The van der Waals surface area contributed by atoms with Gasteiger partial charge in [-0.15, -0.1) is 0 Å². The predicted octanol–water partition coefficient (Wildman–Crippen LogP) is 1.55. The number of methoxy groups -OCH3 is 1. The second-order valence-corrected chi connectivity index (χ2v) is 6.67. The Morgan fingerprint density at radius 1 is 1.42 bits per heavy atom. The van der Waals surface area contributed by atoms with Crippen LogP contribution in [0.15, 0.2) is 0 Å². The summed E-state index contributed by atoms with van der Waals surface area (Å²) >= 11 is 0. The summed E-state index contributed by atoms with van der Waals surface area (Å²) in [6, 6.07) is 0. The van der Waals surface area contributed by atoms with Crippen molar-refractivity contribution in [1.29, 1.82) is 0 Å². The summed E-state index contributed by atoms with van der Waals surface area (Å²) in [4.78, 5) is 12.2. The summed E-state index contributed by atoms with van der Waals surface area (Å²) < 4.78 is 5.38. The highest BCUT2D eigenvalue weighted by Gasteiger charge is 2.53. The monoisotopic (exact) mass is 268 g/mol. The molecule has 1 aliphatic heterocycles. The van der Waals surface area contributed by atoms with Crippen molar-refractivity contribution >= 4 is 5.91 Å². The number of piperidine rings is 1. The molecule has 0 aromatic carbocycles. The van der Waals surface area contributed by atoms with Crippen molar-refractivity contribution in [1.82, 2.24) is 10.6 Å². The fourth-order valence-corrected chi connectivity index (χ4v) is 3.24. The molecule has 2 fully saturated rings. The van der Waals surface area contributed by atoms with Crippen LogP contribution in [0.2, 0.25) is 0 Å². The van der Waals surface area contributed by atoms with Crippen LogP contribution in [0.1, 0.15) is 39.5 Å². The molecule has 2 rings (SSSR count). The minimum Gasteiger partial charge on any atom is -0.384 e. The second kappa shape index (κ2) is 5.80. The van der Waals surface area contributed by atoms with Crippen LogP contribution < -0.4 is 10.6 Å². The van der Waals surface area contributed by atoms with Crippen LogP contribution in [0, 0.1) is 16.7 Å². The van der Waals surface area contributed by atoms with Gasteiger partial charge in [-0.25, -0.2) is 0 Å². The number of rotatable bonds is 6. The van der Waals surface area contributed by atoms with Gasteiger partial charge in [-0.3, -0.25) is 4.79 Å². The molecule has 0 aromatic rings. The van der Waals surface area contributed by atoms with E-state index in [1.165, 1.54) is 0 Å². The molecule has 4 nitrogen and oxygen atoms in total. The van der Waals surface area contributed by atoms with Gasteiger partial charge in [-0.2, -0.15) is 0 Å². The zero-order chi connectivity index (χ0) is 13.9. The van der Waals surface area contributed by atoms with Crippen molar-refractivity contribution in [2.75, 3.05) is 33.4 Å². The first-order chi connectivity index (χ1) is 9.05. The summed E-state index contributed by atoms with van der Waals surface area (Å²) in [5, 5.41) is 6.56. The largest absolute Gasteiger partial charge is 0.384 e. The van der Waals surface area contributed by atoms with E-state index in [-0.39, 0.29) is 22.7 Å². The highest BCUT2D eigenvalue weighted by molar-refractivity contribution is 5.82. The van der Waals surface area contributed by atoms with Crippen molar-refractivity contribution < 1.29 is 9.53 Å². The molecule has 1 heterocycles. The van der Waals surface area contributed by atoms with Crippen molar-refractivity contribution in [3.8, 4) is 0 Å². The van der Waals surface area contributed by atoms with E-state index in [1.807, 2.05) is 0 Å². The molecule has 0 aromatic heterocycles. The van der Waals surface area contributed by atoms with Crippen molar-refractivity contribution in [3.63, 3.8) is 0 Å². The fraction of sp³-hybridized carbons (Fsp3) is 0.933. The number of carbonyl (C=O) groups excluding carboxylic acids is 1. The highest BCUT2D eigenvalue weighted by atomic mass is 16.5. The average molecular weight is 268 g/mol. The van der Waals surface area contributed by atoms with Crippen molar-refractivity contribution in [2.45, 2.75) is 39.5 Å². The lowest BCUT2D eigenvalue weighted by Crippen LogP contribution is -2.47. The van der Waals surface area contributed by atoms with E-state index in [2.05, 4.69) is 24.5 Å². The molecule has 1 amide bonds. The van der Waals surface area contributed by atoms with Gasteiger partial charge in [-0.05, 0) is 44.2 Å². The van der Waals surface area contributed by atoms with Gasteiger partial charge in [-0.1, -0.05) is 13.8 Å². The third kappa shape index (κ3) is 3.29. The lowest BCUT2D eigenvalue weighted by molar-refractivity contribution is -0.124. The highest BCUT2D eigenvalue weighted by Crippen LogP contribution is 2.54. The molecule has 2 atom stereocenters. The number of amides is 1. The molecule has 1 saturated carbocycles. The lowest BCUT2D eigenvalue weighted by Gasteiger charge is -2.37. The summed E-state index contributed by atoms with van der Waals surface area (Å²) in [6.07, 6.45) is 4.31. The van der Waals surface area contributed by atoms with E-state index < -0.39 is 0 Å². The third-order valence-corrected chi connectivity index (χ3v) is 5.23. The van der Waals surface area contributed by atoms with Crippen LogP contribution in [-0.2, 0) is 9.53 Å². The molecule has 2 aliphatic rings. The van der Waals surface area contributed by atoms with E-state index in [4.69, 9.17) is 4.74 Å². The Morgan fingerprint density at radius 2 is 2.11 bits per heavy atom. The number of carbonyl (C=O) groups is 1. The van der Waals surface area contributed by atoms with E-state index in [1.54, 1.807) is 7.11 Å². The quantitative estimate of drug-likeness (QED) is 0.768. The molecule has 4 heteroatoms. The number of hydrogen-bond acceptors (Lipinski definition) is 3. The van der Waals surface area contributed by atoms with E-state index >= 15 is 0 Å². The van der Waals surface area contributed by atoms with Crippen LogP contribution in [0.5, 0.6) is 0 Å². The molecule has 0 radical (unpaired) electrons. The molecule has 2 N–H and O–H groups in total. The summed E-state index contributed by atoms with van der Waals surface area (Å²) in [5.41, 5.74) is 0.389. The zero-order valence-electron chi connectivity index (χ0n) is 12.6. The van der Waals surface area contributed by atoms with Gasteiger partial charge in [0.05, 0.1) is 6.61 Å². The minimum absolute atomic E-state index is 0.132. The van der Waals surface area contributed by atoms with Gasteiger partial charge < -0.3 is 15.4 Å². The maximum atomic E-state index is 12.2. The van der Waals surface area contributed by atoms with E-state index in [0.29, 0.717) is 0 Å². The Morgan fingerprint density at radius 3 is 2.63 bits per heavy atom. The Bertz CT molecular complexity index is 321. The van der Waals surface area contributed by atoms with Crippen LogP contribution in [-0.4, -0.2) is 39.3 Å². The van der Waals surface area contributed by atoms with E-state index in [0.717, 1.165) is 51.9 Å². The van der Waals surface area contributed by atoms with Gasteiger partial charge in [0, 0.05) is 25.0 Å². The summed E-state index contributed by atoms with van der Waals surface area (Å²) in [6.45, 7) is 7.94. The lowest BCUT2D eigenvalue weighted by atomic mass is 9.79. The van der Waals surface area contributed by atoms with Gasteiger partial charge in [0.1, 0.15) is 0 Å². The Balaban J connectivity index is 1.84. The molecule has 0 bridgehead atoms. The van der Waals surface area contributed by atoms with Crippen LogP contribution in [0.4, 0.5) is 0 Å². The van der Waals surface area contributed by atoms with Gasteiger partial charge in [0.15, 0.2) is 0 Å². The van der Waals surface area contributed by atoms with Crippen molar-refractivity contribution in [3.05, 3.63) is 0 Å². The maximum Gasteiger partial charge on any atom is 0.223 e. The minimum atomic E-state index is 0.132. The molecule has 0 spiro atoms. The first kappa shape index (κ1) is 14.8. The van der Waals surface area contributed by atoms with Crippen LogP contribution in [0.3, 0.4) is 0 Å². The molecular weight excluding hydrogens is 240 g/mol. The molecular formula is C15H28N2O2. The standard InChI is InChI=1S/C15H28N2O2/c1-4-14(2)9-12(14)13(18)17-10-15(11-19-3)5-7-16-8-6-15/h12,16H,4-11H2,1-3H3,(H,17,18). The van der Waals surface area contributed by atoms with Gasteiger partial charge in [0.2, 0.25) is 5.91 Å². The summed E-state index contributed by atoms with van der Waals surface area (Å²) in [5.74, 6) is 0.483. The van der Waals surface area contributed by atoms with Gasteiger partial charge in [0.25, 0.3) is 0 Å². The first-order valence-electron chi connectivity index (χ1n) is 7.53. The molecule has 2 unspecified atom stereocenters. The maximum absolute atomic E-state index is 12.2. The first-order valence-corrected chi connectivity index (χ1v) is 7.53. The molecule has 1 aliphatic carbocycles. The number of nitrogens with one attached hydrogen (secondary N) is 2. The SMILES string of the molecule is CCC1(C)CC1C(=O)NCC1(COC)CCNCC1. The van der Waals surface area contributed by atoms with Crippen molar-refractivity contribution in [2.24, 2.45) is 16.7 Å². The molecule has 19 heavy (non-hydrogen) atoms. The van der Waals surface area contributed by atoms with E-state index in [9.17, 15) is 4.79 Å². The summed E-state index contributed by atoms with van der Waals surface area (Å²) in [7, 11) is 1.75. The van der Waals surface area contributed by atoms with Crippen LogP contribution in [0.25, 0.3) is 0 Å². The smallest absolute Gasteiger partial charge is 0.223 e. The van der Waals surface area contributed by atoms with Crippen LogP contribution >= 0.6 is 0 Å². The number of ether oxygens (including phenoxy) is 1. The van der Waals surface area contributed by atoms with Gasteiger partial charge >= 0.3 is 0 Å². The second-order valence-electron chi connectivity index (χ2n) is 6.67. The number of hydrogen-bond donors (Lipinski definition) is 2. The Hall–Kier alpha value is -0.610. The topological polar surface area (TPSA) is 50.4 Å². The third-order valence-electron chi connectivity index (χ3n) is 5.23. The average Bonchev–Trinajstić information content (AvgIpc) is 3.11. The fourth-order valence-electron chi connectivity index (χ4n) is 3.24. The zero-order valence-corrected chi connectivity index (χ0v) is 12.6. The Kier molecular flexibility index (Phi) is 4.51.